The Morgan fingerprint density at radius 3 is 2.54 bits per heavy atom. The summed E-state index contributed by atoms with van der Waals surface area (Å²) in [6, 6.07) is 11.9. The third-order valence-electron chi connectivity index (χ3n) is 3.77. The van der Waals surface area contributed by atoms with Gasteiger partial charge >= 0.3 is 0 Å². The van der Waals surface area contributed by atoms with Gasteiger partial charge < -0.3 is 9.73 Å². The number of rotatable bonds is 10. The lowest BCUT2D eigenvalue weighted by atomic mass is 10.1. The lowest BCUT2D eigenvalue weighted by molar-refractivity contribution is 0.566. The quantitative estimate of drug-likeness (QED) is 0.638. The molecule has 132 valence electrons. The van der Waals surface area contributed by atoms with Crippen LogP contribution < -0.4 is 10.0 Å². The van der Waals surface area contributed by atoms with E-state index in [1.165, 1.54) is 0 Å². The summed E-state index contributed by atoms with van der Waals surface area (Å²) in [6.45, 7) is 4.74. The average molecular weight is 350 g/mol. The van der Waals surface area contributed by atoms with E-state index in [-0.39, 0.29) is 5.25 Å². The van der Waals surface area contributed by atoms with Crippen molar-refractivity contribution in [3.63, 3.8) is 0 Å². The molecule has 0 saturated carbocycles. The minimum Gasteiger partial charge on any atom is -0.464 e. The van der Waals surface area contributed by atoms with E-state index in [9.17, 15) is 8.42 Å². The monoisotopic (exact) mass is 350 g/mol. The van der Waals surface area contributed by atoms with Crippen molar-refractivity contribution < 1.29 is 12.8 Å². The summed E-state index contributed by atoms with van der Waals surface area (Å²) in [6.07, 6.45) is 4.49. The molecular weight excluding hydrogens is 324 g/mol. The van der Waals surface area contributed by atoms with Crippen LogP contribution in [0.5, 0.6) is 0 Å². The van der Waals surface area contributed by atoms with Crippen molar-refractivity contribution >= 4 is 15.7 Å². The minimum absolute atomic E-state index is 0.374. The van der Waals surface area contributed by atoms with Gasteiger partial charge in [-0.05, 0) is 51.0 Å². The van der Waals surface area contributed by atoms with Crippen molar-refractivity contribution in [1.29, 1.82) is 0 Å². The second kappa shape index (κ2) is 8.89. The Labute approximate surface area is 144 Å². The highest BCUT2D eigenvalue weighted by Gasteiger charge is 2.13. The number of benzene rings is 1. The molecule has 0 saturated heterocycles. The van der Waals surface area contributed by atoms with Gasteiger partial charge in [-0.25, -0.2) is 13.1 Å². The van der Waals surface area contributed by atoms with E-state index in [0.29, 0.717) is 6.54 Å². The van der Waals surface area contributed by atoms with Crippen LogP contribution in [0, 0.1) is 0 Å². The second-order valence-electron chi connectivity index (χ2n) is 6.03. The van der Waals surface area contributed by atoms with Crippen LogP contribution >= 0.6 is 0 Å². The predicted molar refractivity (Wildman–Crippen MR) is 98.5 cm³/mol. The van der Waals surface area contributed by atoms with E-state index < -0.39 is 10.0 Å². The average Bonchev–Trinajstić information content (AvgIpc) is 3.08. The molecule has 1 aromatic heterocycles. The Balaban J connectivity index is 1.66. The van der Waals surface area contributed by atoms with Crippen molar-refractivity contribution in [2.75, 3.05) is 18.4 Å². The lowest BCUT2D eigenvalue weighted by Gasteiger charge is -2.10. The molecule has 0 bridgehead atoms. The van der Waals surface area contributed by atoms with Crippen LogP contribution in [0.1, 0.15) is 33.1 Å². The molecule has 0 fully saturated rings. The molecule has 0 unspecified atom stereocenters. The molecule has 0 aliphatic carbocycles. The van der Waals surface area contributed by atoms with E-state index in [1.807, 2.05) is 30.3 Å². The van der Waals surface area contributed by atoms with Crippen LogP contribution in [0.25, 0.3) is 11.3 Å². The van der Waals surface area contributed by atoms with Gasteiger partial charge in [0.25, 0.3) is 0 Å². The number of unbranched alkanes of at least 4 members (excludes halogenated alkanes) is 2. The zero-order valence-corrected chi connectivity index (χ0v) is 15.1. The van der Waals surface area contributed by atoms with Gasteiger partial charge in [-0.15, -0.1) is 0 Å². The summed E-state index contributed by atoms with van der Waals surface area (Å²) in [5.41, 5.74) is 2.11. The molecular formula is C18H26N2O3S. The Bertz CT molecular complexity index is 710. The number of hydrogen-bond donors (Lipinski definition) is 2. The fourth-order valence-electron chi connectivity index (χ4n) is 2.27. The summed E-state index contributed by atoms with van der Waals surface area (Å²) in [7, 11) is -3.13. The number of furan rings is 1. The van der Waals surface area contributed by atoms with Crippen LogP contribution in [0.15, 0.2) is 47.1 Å². The van der Waals surface area contributed by atoms with Crippen molar-refractivity contribution in [3.8, 4) is 11.3 Å². The van der Waals surface area contributed by atoms with Gasteiger partial charge in [0.15, 0.2) is 0 Å². The van der Waals surface area contributed by atoms with Crippen LogP contribution in [0.3, 0.4) is 0 Å². The van der Waals surface area contributed by atoms with Gasteiger partial charge in [0.2, 0.25) is 10.0 Å². The summed E-state index contributed by atoms with van der Waals surface area (Å²) in [5.74, 6) is 0.857. The smallest absolute Gasteiger partial charge is 0.213 e. The summed E-state index contributed by atoms with van der Waals surface area (Å²) >= 11 is 0. The zero-order valence-electron chi connectivity index (χ0n) is 14.3. The first kappa shape index (κ1) is 18.5. The molecule has 2 aromatic rings. The Kier molecular flexibility index (Phi) is 6.87. The Morgan fingerprint density at radius 1 is 1.04 bits per heavy atom. The standard InChI is InChI=1S/C18H26N2O3S/c1-15(2)24(21,22)20-12-5-3-4-11-19-17-9-6-8-16(14-17)18-10-7-13-23-18/h6-10,13-15,19-20H,3-5,11-12H2,1-2H3. The minimum atomic E-state index is -3.13. The molecule has 6 heteroatoms. The first-order chi connectivity index (χ1) is 11.5. The van der Waals surface area contributed by atoms with E-state index >= 15 is 0 Å². The van der Waals surface area contributed by atoms with Crippen LogP contribution in [-0.2, 0) is 10.0 Å². The fraction of sp³-hybridized carbons (Fsp3) is 0.444. The molecule has 0 amide bonds. The van der Waals surface area contributed by atoms with Gasteiger partial charge in [-0.2, -0.15) is 0 Å². The number of hydrogen-bond acceptors (Lipinski definition) is 4. The van der Waals surface area contributed by atoms with Crippen LogP contribution in [-0.4, -0.2) is 26.8 Å². The summed E-state index contributed by atoms with van der Waals surface area (Å²) in [5, 5.41) is 3.02. The Morgan fingerprint density at radius 2 is 1.83 bits per heavy atom. The van der Waals surface area contributed by atoms with Crippen molar-refractivity contribution in [2.45, 2.75) is 38.4 Å². The van der Waals surface area contributed by atoms with Gasteiger partial charge in [-0.3, -0.25) is 0 Å². The first-order valence-corrected chi connectivity index (χ1v) is 9.90. The van der Waals surface area contributed by atoms with Crippen LogP contribution in [0.4, 0.5) is 5.69 Å². The molecule has 24 heavy (non-hydrogen) atoms. The largest absolute Gasteiger partial charge is 0.464 e. The van der Waals surface area contributed by atoms with Gasteiger partial charge in [0, 0.05) is 24.3 Å². The number of sulfonamides is 1. The SMILES string of the molecule is CC(C)S(=O)(=O)NCCCCCNc1cccc(-c2ccco2)c1. The molecule has 0 radical (unpaired) electrons. The van der Waals surface area contributed by atoms with E-state index in [1.54, 1.807) is 20.1 Å². The third-order valence-corrected chi connectivity index (χ3v) is 5.62. The highest BCUT2D eigenvalue weighted by Crippen LogP contribution is 2.22. The zero-order chi connectivity index (χ0) is 17.4. The molecule has 5 nitrogen and oxygen atoms in total. The molecule has 1 aromatic carbocycles. The van der Waals surface area contributed by atoms with E-state index in [2.05, 4.69) is 16.1 Å². The maximum absolute atomic E-state index is 11.6. The highest BCUT2D eigenvalue weighted by atomic mass is 32.2. The molecule has 0 aliphatic heterocycles. The highest BCUT2D eigenvalue weighted by molar-refractivity contribution is 7.90. The summed E-state index contributed by atoms with van der Waals surface area (Å²) in [4.78, 5) is 0. The van der Waals surface area contributed by atoms with Crippen molar-refractivity contribution in [1.82, 2.24) is 4.72 Å². The molecule has 2 rings (SSSR count). The molecule has 1 heterocycles. The third kappa shape index (κ3) is 5.69. The lowest BCUT2D eigenvalue weighted by Crippen LogP contribution is -2.31. The van der Waals surface area contributed by atoms with Gasteiger partial charge in [-0.1, -0.05) is 18.6 Å². The number of anilines is 1. The predicted octanol–water partition coefficient (Wildman–Crippen LogP) is 3.86. The number of nitrogens with one attached hydrogen (secondary N) is 2. The summed E-state index contributed by atoms with van der Waals surface area (Å²) < 4.78 is 31.2. The molecule has 0 spiro atoms. The van der Waals surface area contributed by atoms with Gasteiger partial charge in [0.05, 0.1) is 11.5 Å². The molecule has 0 aliphatic rings. The van der Waals surface area contributed by atoms with E-state index in [0.717, 1.165) is 42.8 Å². The Hall–Kier alpha value is -1.79. The maximum atomic E-state index is 11.6. The molecule has 0 atom stereocenters. The van der Waals surface area contributed by atoms with Crippen molar-refractivity contribution in [2.24, 2.45) is 0 Å². The second-order valence-corrected chi connectivity index (χ2v) is 8.36. The van der Waals surface area contributed by atoms with Crippen LogP contribution in [0.2, 0.25) is 0 Å². The molecule has 2 N–H and O–H groups in total. The first-order valence-electron chi connectivity index (χ1n) is 8.35. The van der Waals surface area contributed by atoms with Crippen molar-refractivity contribution in [3.05, 3.63) is 42.7 Å². The fourth-order valence-corrected chi connectivity index (χ4v) is 3.03. The maximum Gasteiger partial charge on any atom is 0.213 e. The van der Waals surface area contributed by atoms with Gasteiger partial charge in [0.1, 0.15) is 5.76 Å². The van der Waals surface area contributed by atoms with E-state index in [4.69, 9.17) is 4.42 Å². The normalized spacial score (nSPS) is 11.8. The topological polar surface area (TPSA) is 71.3 Å².